The van der Waals surface area contributed by atoms with E-state index in [4.69, 9.17) is 0 Å². The zero-order chi connectivity index (χ0) is 27.0. The molecule has 0 radical (unpaired) electrons. The summed E-state index contributed by atoms with van der Waals surface area (Å²) in [5.74, 6) is -0.580. The summed E-state index contributed by atoms with van der Waals surface area (Å²) in [6.45, 7) is 0. The van der Waals surface area contributed by atoms with Gasteiger partial charge < -0.3 is 10.6 Å². The van der Waals surface area contributed by atoms with E-state index in [0.717, 1.165) is 77.0 Å². The van der Waals surface area contributed by atoms with E-state index in [1.807, 2.05) is 0 Å². The summed E-state index contributed by atoms with van der Waals surface area (Å²) in [6, 6.07) is 5.68. The van der Waals surface area contributed by atoms with Crippen LogP contribution >= 0.6 is 0 Å². The fraction of sp³-hybridized carbons (Fsp3) is 0.688. The number of rotatable bonds is 4. The van der Waals surface area contributed by atoms with E-state index in [0.29, 0.717) is 36.8 Å². The van der Waals surface area contributed by atoms with Gasteiger partial charge in [0.2, 0.25) is 11.8 Å². The summed E-state index contributed by atoms with van der Waals surface area (Å²) in [5.41, 5.74) is 0.702. The number of carbonyl (C=O) groups is 4. The molecule has 2 fully saturated rings. The maximum absolute atomic E-state index is 13.8. The number of Topliss-reactive ketones (excluding diaryl/α,β-unsaturated/α-hetero) is 2. The van der Waals surface area contributed by atoms with Crippen molar-refractivity contribution in [2.24, 2.45) is 0 Å². The van der Waals surface area contributed by atoms with Crippen LogP contribution in [0.2, 0.25) is 0 Å². The zero-order valence-electron chi connectivity index (χ0n) is 23.2. The third-order valence-corrected chi connectivity index (χ3v) is 8.05. The van der Waals surface area contributed by atoms with Crippen LogP contribution in [0.3, 0.4) is 0 Å². The topological polar surface area (TPSA) is 92.3 Å². The van der Waals surface area contributed by atoms with Crippen molar-refractivity contribution in [2.75, 3.05) is 0 Å². The first-order valence-corrected chi connectivity index (χ1v) is 15.3. The molecule has 0 aromatic heterocycles. The molecule has 210 valence electrons. The Labute approximate surface area is 229 Å². The lowest BCUT2D eigenvalue weighted by Gasteiger charge is -2.22. The Morgan fingerprint density at radius 3 is 1.18 bits per heavy atom. The van der Waals surface area contributed by atoms with Gasteiger partial charge in [-0.05, 0) is 25.7 Å². The van der Waals surface area contributed by atoms with Crippen molar-refractivity contribution in [3.05, 3.63) is 35.4 Å². The van der Waals surface area contributed by atoms with Gasteiger partial charge in [0.15, 0.2) is 11.6 Å². The molecule has 2 heterocycles. The molecule has 2 N–H and O–H groups in total. The SMILES string of the molecule is O=C1CCCCCCCCCCC(C(=O)c2ccccc2C(=O)C2CCCCCCCCCCC(=O)N2)N1. The fourth-order valence-electron chi connectivity index (χ4n) is 5.75. The van der Waals surface area contributed by atoms with Gasteiger partial charge in [-0.1, -0.05) is 114 Å². The summed E-state index contributed by atoms with van der Waals surface area (Å²) in [7, 11) is 0. The van der Waals surface area contributed by atoms with E-state index in [2.05, 4.69) is 10.6 Å². The number of ketones is 2. The summed E-state index contributed by atoms with van der Waals surface area (Å²) in [4.78, 5) is 52.9. The molecule has 2 saturated heterocycles. The van der Waals surface area contributed by atoms with Crippen molar-refractivity contribution < 1.29 is 19.2 Å². The van der Waals surface area contributed by atoms with Crippen molar-refractivity contribution in [2.45, 2.75) is 141 Å². The van der Waals surface area contributed by atoms with Crippen LogP contribution < -0.4 is 10.6 Å². The lowest BCUT2D eigenvalue weighted by Crippen LogP contribution is -2.43. The van der Waals surface area contributed by atoms with Crippen LogP contribution in [0, 0.1) is 0 Å². The van der Waals surface area contributed by atoms with Gasteiger partial charge in [0.05, 0.1) is 12.1 Å². The lowest BCUT2D eigenvalue weighted by molar-refractivity contribution is -0.122. The standard InChI is InChI=1S/C32H48N2O4/c35-29-23-15-11-7-3-1-5-9-13-21-27(33-29)31(37)25-19-17-18-20-26(25)32(38)28-22-14-10-6-2-4-8-12-16-24-30(36)34-28/h17-20,27-28H,1-16,21-24H2,(H,33,35)(H,34,36). The summed E-state index contributed by atoms with van der Waals surface area (Å²) in [6.07, 6.45) is 19.0. The first-order valence-electron chi connectivity index (χ1n) is 15.3. The average molecular weight is 525 g/mol. The minimum atomic E-state index is -0.633. The molecule has 0 spiro atoms. The quantitative estimate of drug-likeness (QED) is 0.421. The van der Waals surface area contributed by atoms with Gasteiger partial charge in [-0.2, -0.15) is 0 Å². The first-order chi connectivity index (χ1) is 18.6. The molecule has 6 heteroatoms. The van der Waals surface area contributed by atoms with E-state index in [1.165, 1.54) is 25.7 Å². The van der Waals surface area contributed by atoms with Gasteiger partial charge in [-0.25, -0.2) is 0 Å². The fourth-order valence-corrected chi connectivity index (χ4v) is 5.75. The van der Waals surface area contributed by atoms with Crippen molar-refractivity contribution >= 4 is 23.4 Å². The maximum Gasteiger partial charge on any atom is 0.220 e. The lowest BCUT2D eigenvalue weighted by atomic mass is 9.90. The molecule has 2 aliphatic heterocycles. The van der Waals surface area contributed by atoms with Crippen molar-refractivity contribution in [3.8, 4) is 0 Å². The monoisotopic (exact) mass is 524 g/mol. The van der Waals surface area contributed by atoms with Crippen LogP contribution in [-0.4, -0.2) is 35.5 Å². The number of carbonyl (C=O) groups excluding carboxylic acids is 4. The van der Waals surface area contributed by atoms with Crippen molar-refractivity contribution in [1.82, 2.24) is 10.6 Å². The highest BCUT2D eigenvalue weighted by Gasteiger charge is 2.29. The Balaban J connectivity index is 1.77. The molecule has 1 aromatic carbocycles. The summed E-state index contributed by atoms with van der Waals surface area (Å²) >= 11 is 0. The molecule has 3 rings (SSSR count). The third kappa shape index (κ3) is 10.3. The van der Waals surface area contributed by atoms with E-state index in [9.17, 15) is 19.2 Å². The second-order valence-corrected chi connectivity index (χ2v) is 11.2. The van der Waals surface area contributed by atoms with E-state index < -0.39 is 12.1 Å². The van der Waals surface area contributed by atoms with Gasteiger partial charge >= 0.3 is 0 Å². The molecule has 0 saturated carbocycles. The largest absolute Gasteiger partial charge is 0.346 e. The Bertz CT molecular complexity index is 839. The first kappa shape index (κ1) is 30.0. The predicted molar refractivity (Wildman–Crippen MR) is 151 cm³/mol. The molecule has 1 aromatic rings. The highest BCUT2D eigenvalue weighted by Crippen LogP contribution is 2.21. The van der Waals surface area contributed by atoms with Crippen LogP contribution in [0.1, 0.15) is 149 Å². The third-order valence-electron chi connectivity index (χ3n) is 8.05. The maximum atomic E-state index is 13.8. The molecule has 2 atom stereocenters. The zero-order valence-corrected chi connectivity index (χ0v) is 23.2. The van der Waals surface area contributed by atoms with Crippen LogP contribution in [0.25, 0.3) is 0 Å². The second-order valence-electron chi connectivity index (χ2n) is 11.2. The summed E-state index contributed by atoms with van der Waals surface area (Å²) in [5, 5.41) is 5.98. The number of hydrogen-bond donors (Lipinski definition) is 2. The predicted octanol–water partition coefficient (Wildman–Crippen LogP) is 6.85. The van der Waals surface area contributed by atoms with Gasteiger partial charge in [0, 0.05) is 24.0 Å². The molecular weight excluding hydrogens is 476 g/mol. The molecule has 2 unspecified atom stereocenters. The number of nitrogens with one attached hydrogen (secondary N) is 2. The van der Waals surface area contributed by atoms with Crippen LogP contribution in [0.5, 0.6) is 0 Å². The Hall–Kier alpha value is -2.50. The molecule has 0 bridgehead atoms. The smallest absolute Gasteiger partial charge is 0.220 e. The molecular formula is C32H48N2O4. The Morgan fingerprint density at radius 2 is 0.816 bits per heavy atom. The molecule has 38 heavy (non-hydrogen) atoms. The van der Waals surface area contributed by atoms with Gasteiger partial charge in [0.25, 0.3) is 0 Å². The molecule has 0 aliphatic carbocycles. The second kappa shape index (κ2) is 17.2. The van der Waals surface area contributed by atoms with E-state index in [-0.39, 0.29) is 23.4 Å². The number of hydrogen-bond acceptors (Lipinski definition) is 4. The molecule has 6 nitrogen and oxygen atoms in total. The van der Waals surface area contributed by atoms with Crippen molar-refractivity contribution in [3.63, 3.8) is 0 Å². The van der Waals surface area contributed by atoms with E-state index in [1.54, 1.807) is 24.3 Å². The average Bonchev–Trinajstić information content (AvgIpc) is 2.96. The highest BCUT2D eigenvalue weighted by atomic mass is 16.2. The number of benzene rings is 1. The number of amides is 2. The van der Waals surface area contributed by atoms with Crippen LogP contribution in [0.4, 0.5) is 0 Å². The highest BCUT2D eigenvalue weighted by molar-refractivity contribution is 6.13. The molecule has 2 amide bonds. The summed E-state index contributed by atoms with van der Waals surface area (Å²) < 4.78 is 0. The minimum absolute atomic E-state index is 0.0890. The van der Waals surface area contributed by atoms with Crippen LogP contribution in [-0.2, 0) is 9.59 Å². The Kier molecular flexibility index (Phi) is 13.6. The van der Waals surface area contributed by atoms with Gasteiger partial charge in [-0.15, -0.1) is 0 Å². The minimum Gasteiger partial charge on any atom is -0.346 e. The van der Waals surface area contributed by atoms with Crippen molar-refractivity contribution in [1.29, 1.82) is 0 Å². The van der Waals surface area contributed by atoms with Gasteiger partial charge in [0.1, 0.15) is 0 Å². The Morgan fingerprint density at radius 1 is 0.500 bits per heavy atom. The molecule has 2 aliphatic rings. The van der Waals surface area contributed by atoms with Gasteiger partial charge in [-0.3, -0.25) is 19.2 Å². The normalized spacial score (nSPS) is 24.0. The van der Waals surface area contributed by atoms with Crippen LogP contribution in [0.15, 0.2) is 24.3 Å². The van der Waals surface area contributed by atoms with E-state index >= 15 is 0 Å².